The van der Waals surface area contributed by atoms with Gasteiger partial charge in [-0.3, -0.25) is 14.2 Å². The minimum atomic E-state index is -1.12. The average Bonchev–Trinajstić information content (AvgIpc) is 3.66. The van der Waals surface area contributed by atoms with E-state index in [1.54, 1.807) is 0 Å². The number of aromatic nitrogens is 8. The van der Waals surface area contributed by atoms with Gasteiger partial charge in [0.15, 0.2) is 41.5 Å². The lowest BCUT2D eigenvalue weighted by atomic mass is 10.1. The van der Waals surface area contributed by atoms with Gasteiger partial charge < -0.3 is 24.6 Å². The van der Waals surface area contributed by atoms with Crippen molar-refractivity contribution < 1.29 is 28.9 Å². The van der Waals surface area contributed by atoms with E-state index in [-0.39, 0.29) is 29.2 Å². The number of hydrogen-bond acceptors (Lipinski definition) is 13. The van der Waals surface area contributed by atoms with Crippen molar-refractivity contribution in [2.45, 2.75) is 64.3 Å². The van der Waals surface area contributed by atoms with Crippen LogP contribution < -0.4 is 5.32 Å². The molecule has 41 heavy (non-hydrogen) atoms. The Hall–Kier alpha value is -4.21. The smallest absolute Gasteiger partial charge is 0.303 e. The third-order valence-electron chi connectivity index (χ3n) is 6.35. The van der Waals surface area contributed by atoms with Crippen molar-refractivity contribution >= 4 is 40.5 Å². The summed E-state index contributed by atoms with van der Waals surface area (Å²) in [6.07, 6.45) is -2.38. The molecule has 1 fully saturated rings. The molecule has 0 radical (unpaired) electrons. The van der Waals surface area contributed by atoms with Crippen LogP contribution in [0.15, 0.2) is 36.7 Å². The molecule has 4 heterocycles. The van der Waals surface area contributed by atoms with Gasteiger partial charge >= 0.3 is 11.9 Å². The van der Waals surface area contributed by atoms with Crippen molar-refractivity contribution in [2.24, 2.45) is 0 Å². The summed E-state index contributed by atoms with van der Waals surface area (Å²) in [6.45, 7) is 4.57. The Labute approximate surface area is 238 Å². The number of rotatable bonds is 10. The molecule has 0 bridgehead atoms. The Morgan fingerprint density at radius 2 is 1.88 bits per heavy atom. The average molecular weight is 586 g/mol. The highest BCUT2D eigenvalue weighted by Gasteiger charge is 2.53. The molecule has 0 spiro atoms. The van der Waals surface area contributed by atoms with Gasteiger partial charge in [0.25, 0.3) is 0 Å². The van der Waals surface area contributed by atoms with Crippen LogP contribution in [0.4, 0.5) is 5.82 Å². The van der Waals surface area contributed by atoms with Crippen molar-refractivity contribution in [3.05, 3.63) is 53.3 Å². The lowest BCUT2D eigenvalue weighted by Gasteiger charge is -2.23. The molecule has 15 nitrogen and oxygen atoms in total. The van der Waals surface area contributed by atoms with Crippen LogP contribution >= 0.6 is 11.6 Å². The molecule has 4 aromatic rings. The van der Waals surface area contributed by atoms with E-state index in [1.807, 2.05) is 37.3 Å². The van der Waals surface area contributed by atoms with Gasteiger partial charge in [0.05, 0.1) is 25.5 Å². The van der Waals surface area contributed by atoms with Crippen LogP contribution in [0.3, 0.4) is 0 Å². The number of aliphatic hydroxyl groups is 1. The first kappa shape index (κ1) is 28.3. The number of nitrogens with zero attached hydrogens (tertiary/aromatic N) is 8. The summed E-state index contributed by atoms with van der Waals surface area (Å²) in [5, 5.41) is 25.5. The zero-order valence-corrected chi connectivity index (χ0v) is 23.2. The minimum absolute atomic E-state index is 0.0965. The fraction of sp³-hybridized carbons (Fsp3) is 0.440. The van der Waals surface area contributed by atoms with Gasteiger partial charge in [0.2, 0.25) is 11.1 Å². The number of carbonyl (C=O) groups is 2. The van der Waals surface area contributed by atoms with Gasteiger partial charge in [0, 0.05) is 13.8 Å². The normalized spacial score (nSPS) is 21.1. The van der Waals surface area contributed by atoms with Crippen molar-refractivity contribution in [3.8, 4) is 0 Å². The van der Waals surface area contributed by atoms with E-state index in [1.165, 1.54) is 29.5 Å². The number of anilines is 1. The Morgan fingerprint density at radius 3 is 2.54 bits per heavy atom. The fourth-order valence-corrected chi connectivity index (χ4v) is 4.81. The maximum atomic E-state index is 12.1. The molecule has 3 aromatic heterocycles. The molecule has 0 aliphatic carbocycles. The van der Waals surface area contributed by atoms with Crippen LogP contribution in [0.25, 0.3) is 11.2 Å². The van der Waals surface area contributed by atoms with Crippen LogP contribution in [-0.2, 0) is 36.8 Å². The molecule has 2 N–H and O–H groups in total. The number of nitrogens with one attached hydrogen (secondary N) is 1. The SMILES string of the molecule is CCn1nnc([C@H]2O[C@@H](n3cnc4c(N[C@H](CO)Cc5ccccc5)nc(Cl)nc43)[C@H](OC(C)=O)[C@@H]2OC(C)=O)n1. The molecule has 0 saturated carbocycles. The van der Waals surface area contributed by atoms with Crippen LogP contribution in [0, 0.1) is 0 Å². The zero-order chi connectivity index (χ0) is 29.1. The van der Waals surface area contributed by atoms with Crippen molar-refractivity contribution in [3.63, 3.8) is 0 Å². The molecule has 1 aliphatic rings. The van der Waals surface area contributed by atoms with Gasteiger partial charge in [-0.2, -0.15) is 14.8 Å². The van der Waals surface area contributed by atoms with E-state index in [0.29, 0.717) is 18.5 Å². The molecule has 0 unspecified atom stereocenters. The number of hydrogen-bond donors (Lipinski definition) is 2. The molecule has 216 valence electrons. The number of esters is 2. The summed E-state index contributed by atoms with van der Waals surface area (Å²) in [7, 11) is 0. The molecule has 16 heteroatoms. The highest BCUT2D eigenvalue weighted by atomic mass is 35.5. The van der Waals surface area contributed by atoms with Crippen molar-refractivity contribution in [1.29, 1.82) is 0 Å². The van der Waals surface area contributed by atoms with Crippen molar-refractivity contribution in [2.75, 3.05) is 11.9 Å². The summed E-state index contributed by atoms with van der Waals surface area (Å²) >= 11 is 6.32. The van der Waals surface area contributed by atoms with Gasteiger partial charge in [-0.25, -0.2) is 4.98 Å². The first-order valence-electron chi connectivity index (χ1n) is 12.9. The second kappa shape index (κ2) is 12.1. The first-order valence-corrected chi connectivity index (χ1v) is 13.2. The predicted octanol–water partition coefficient (Wildman–Crippen LogP) is 1.64. The highest BCUT2D eigenvalue weighted by Crippen LogP contribution is 2.42. The second-order valence-corrected chi connectivity index (χ2v) is 9.65. The maximum Gasteiger partial charge on any atom is 0.303 e. The number of tetrazole rings is 1. The standard InChI is InChI=1S/C25H28ClN9O6/c1-4-35-32-22(31-33-35)19-18(39-13(2)37)20(40-14(3)38)24(41-19)34-12-27-17-21(29-25(26)30-23(17)34)28-16(11-36)10-15-8-6-5-7-9-15/h5-9,12,16,18-20,24,36H,4,10-11H2,1-3H3,(H,28,29,30)/t16-,18+,19-,20+,24+/m0/s1. The van der Waals surface area contributed by atoms with E-state index in [2.05, 4.69) is 35.7 Å². The Kier molecular flexibility index (Phi) is 8.37. The third-order valence-corrected chi connectivity index (χ3v) is 6.52. The minimum Gasteiger partial charge on any atom is -0.455 e. The van der Waals surface area contributed by atoms with Crippen LogP contribution in [0.2, 0.25) is 5.28 Å². The number of aryl methyl sites for hydroxylation is 1. The summed E-state index contributed by atoms with van der Waals surface area (Å²) < 4.78 is 18.9. The lowest BCUT2D eigenvalue weighted by molar-refractivity contribution is -0.165. The van der Waals surface area contributed by atoms with Gasteiger partial charge in [-0.1, -0.05) is 30.3 Å². The van der Waals surface area contributed by atoms with E-state index in [9.17, 15) is 14.7 Å². The molecule has 0 amide bonds. The van der Waals surface area contributed by atoms with E-state index < -0.39 is 42.5 Å². The van der Waals surface area contributed by atoms with Crippen LogP contribution in [0.1, 0.15) is 44.5 Å². The Morgan fingerprint density at radius 1 is 1.15 bits per heavy atom. The number of benzene rings is 1. The summed E-state index contributed by atoms with van der Waals surface area (Å²) in [6, 6.07) is 9.26. The maximum absolute atomic E-state index is 12.1. The molecular formula is C25H28ClN9O6. The van der Waals surface area contributed by atoms with Gasteiger partial charge in [-0.05, 0) is 35.7 Å². The van der Waals surface area contributed by atoms with Gasteiger partial charge in [-0.15, -0.1) is 10.2 Å². The van der Waals surface area contributed by atoms with Crippen molar-refractivity contribution in [1.82, 2.24) is 39.7 Å². The molecule has 1 aromatic carbocycles. The molecule has 1 saturated heterocycles. The van der Waals surface area contributed by atoms with E-state index in [4.69, 9.17) is 25.8 Å². The first-order chi connectivity index (χ1) is 19.8. The number of fused-ring (bicyclic) bond motifs is 1. The summed E-state index contributed by atoms with van der Waals surface area (Å²) in [4.78, 5) is 38.7. The molecule has 1 aliphatic heterocycles. The number of ether oxygens (including phenoxy) is 3. The lowest BCUT2D eigenvalue weighted by Crippen LogP contribution is -2.37. The largest absolute Gasteiger partial charge is 0.455 e. The molecular weight excluding hydrogens is 558 g/mol. The zero-order valence-electron chi connectivity index (χ0n) is 22.4. The topological polar surface area (TPSA) is 181 Å². The third kappa shape index (κ3) is 6.11. The number of aliphatic hydroxyl groups excluding tert-OH is 1. The number of halogens is 1. The second-order valence-electron chi connectivity index (χ2n) is 9.31. The predicted molar refractivity (Wildman–Crippen MR) is 142 cm³/mol. The Balaban J connectivity index is 1.52. The van der Waals surface area contributed by atoms with E-state index in [0.717, 1.165) is 5.56 Å². The number of imidazole rings is 1. The molecule has 5 rings (SSSR count). The van der Waals surface area contributed by atoms with E-state index >= 15 is 0 Å². The monoisotopic (exact) mass is 585 g/mol. The fourth-order valence-electron chi connectivity index (χ4n) is 4.64. The summed E-state index contributed by atoms with van der Waals surface area (Å²) in [5.74, 6) is -0.817. The molecule has 5 atom stereocenters. The van der Waals surface area contributed by atoms with Gasteiger partial charge in [0.1, 0.15) is 0 Å². The summed E-state index contributed by atoms with van der Waals surface area (Å²) in [5.41, 5.74) is 1.59. The van der Waals surface area contributed by atoms with Crippen LogP contribution in [-0.4, -0.2) is 81.6 Å². The Bertz CT molecular complexity index is 1530. The van der Waals surface area contributed by atoms with Crippen LogP contribution in [0.5, 0.6) is 0 Å². The highest BCUT2D eigenvalue weighted by molar-refractivity contribution is 6.28. The number of carbonyl (C=O) groups excluding carboxylic acids is 2. The quantitative estimate of drug-likeness (QED) is 0.202.